The Morgan fingerprint density at radius 1 is 1.15 bits per heavy atom. The molecule has 1 N–H and O–H groups in total. The topological polar surface area (TPSA) is 38.3 Å². The van der Waals surface area contributed by atoms with E-state index in [9.17, 15) is 4.79 Å². The van der Waals surface area contributed by atoms with Gasteiger partial charge in [0.2, 0.25) is 5.91 Å². The lowest BCUT2D eigenvalue weighted by Gasteiger charge is -2.39. The fraction of sp³-hybridized carbons (Fsp3) is 0.409. The first kappa shape index (κ1) is 17.6. The van der Waals surface area contributed by atoms with Crippen LogP contribution >= 0.6 is 11.6 Å². The Kier molecular flexibility index (Phi) is 4.76. The second-order valence-electron chi connectivity index (χ2n) is 7.56. The molecule has 4 rings (SSSR count). The van der Waals surface area contributed by atoms with Crippen molar-refractivity contribution in [2.24, 2.45) is 11.8 Å². The highest BCUT2D eigenvalue weighted by molar-refractivity contribution is 6.30. The van der Waals surface area contributed by atoms with E-state index in [1.807, 2.05) is 19.1 Å². The third-order valence-electron chi connectivity index (χ3n) is 6.08. The van der Waals surface area contributed by atoms with Gasteiger partial charge in [-0.3, -0.25) is 4.79 Å². The number of rotatable bonds is 3. The van der Waals surface area contributed by atoms with Crippen molar-refractivity contribution in [2.75, 3.05) is 5.32 Å². The summed E-state index contributed by atoms with van der Waals surface area (Å²) in [6, 6.07) is 15.8. The molecule has 2 aliphatic rings. The summed E-state index contributed by atoms with van der Waals surface area (Å²) in [6.07, 6.45) is 4.02. The number of fused-ring (bicyclic) bond motifs is 2. The van der Waals surface area contributed by atoms with Crippen LogP contribution in [0.2, 0.25) is 5.02 Å². The van der Waals surface area contributed by atoms with Crippen molar-refractivity contribution < 1.29 is 9.53 Å². The van der Waals surface area contributed by atoms with Crippen LogP contribution in [0.3, 0.4) is 0 Å². The zero-order valence-corrected chi connectivity index (χ0v) is 15.8. The summed E-state index contributed by atoms with van der Waals surface area (Å²) in [4.78, 5) is 12.6. The maximum Gasteiger partial charge on any atom is 0.227 e. The first-order valence-corrected chi connectivity index (χ1v) is 9.74. The fourth-order valence-corrected chi connectivity index (χ4v) is 4.53. The summed E-state index contributed by atoms with van der Waals surface area (Å²) < 4.78 is 6.23. The Bertz CT molecular complexity index is 794. The highest BCUT2D eigenvalue weighted by Gasteiger charge is 2.44. The van der Waals surface area contributed by atoms with Crippen LogP contribution in [-0.4, -0.2) is 5.91 Å². The van der Waals surface area contributed by atoms with E-state index in [2.05, 4.69) is 29.6 Å². The molecule has 2 aromatic rings. The minimum atomic E-state index is -0.126. The number of amides is 1. The maximum atomic E-state index is 12.6. The normalized spacial score (nSPS) is 25.7. The van der Waals surface area contributed by atoms with Crippen molar-refractivity contribution in [1.82, 2.24) is 0 Å². The Morgan fingerprint density at radius 2 is 1.85 bits per heavy atom. The molecule has 1 aliphatic carbocycles. The number of hydrogen-bond acceptors (Lipinski definition) is 2. The third-order valence-corrected chi connectivity index (χ3v) is 6.33. The molecule has 0 saturated heterocycles. The molecule has 1 amide bonds. The zero-order valence-electron chi connectivity index (χ0n) is 15.0. The molecule has 3 nitrogen and oxygen atoms in total. The molecule has 1 fully saturated rings. The van der Waals surface area contributed by atoms with Gasteiger partial charge in [-0.25, -0.2) is 0 Å². The zero-order chi connectivity index (χ0) is 18.1. The molecule has 0 bridgehead atoms. The Balaban J connectivity index is 1.38. The lowest BCUT2D eigenvalue weighted by molar-refractivity contribution is -0.123. The van der Waals surface area contributed by atoms with E-state index in [0.717, 1.165) is 31.4 Å². The van der Waals surface area contributed by atoms with Gasteiger partial charge in [-0.1, -0.05) is 42.8 Å². The molecule has 1 atom stereocenters. The van der Waals surface area contributed by atoms with Crippen molar-refractivity contribution in [3.8, 4) is 0 Å². The van der Waals surface area contributed by atoms with Gasteiger partial charge in [0, 0.05) is 16.6 Å². The van der Waals surface area contributed by atoms with Crippen molar-refractivity contribution >= 4 is 23.2 Å². The summed E-state index contributed by atoms with van der Waals surface area (Å²) in [7, 11) is 0. The fourth-order valence-electron chi connectivity index (χ4n) is 4.41. The summed E-state index contributed by atoms with van der Waals surface area (Å²) in [5.41, 5.74) is 3.35. The van der Waals surface area contributed by atoms with Gasteiger partial charge in [0.05, 0.1) is 12.2 Å². The molecule has 4 heteroatoms. The third kappa shape index (κ3) is 3.26. The van der Waals surface area contributed by atoms with Gasteiger partial charge in [0.15, 0.2) is 0 Å². The van der Waals surface area contributed by atoms with E-state index in [-0.39, 0.29) is 17.4 Å². The van der Waals surface area contributed by atoms with Crippen LogP contribution in [0.1, 0.15) is 43.7 Å². The SMILES string of the molecule is CC(C(=O)Nc1ccc(Cl)cc1)C1CCC2(CC1)OCc1ccccc12. The average molecular weight is 370 g/mol. The van der Waals surface area contributed by atoms with Crippen LogP contribution < -0.4 is 5.32 Å². The standard InChI is InChI=1S/C22H24ClNO2/c1-15(21(25)24-19-8-6-18(23)7-9-19)16-10-12-22(13-11-16)20-5-3-2-4-17(20)14-26-22/h2-9,15-16H,10-14H2,1H3,(H,24,25). The van der Waals surface area contributed by atoms with Gasteiger partial charge in [-0.15, -0.1) is 0 Å². The van der Waals surface area contributed by atoms with Crippen LogP contribution in [0, 0.1) is 11.8 Å². The molecule has 0 aromatic heterocycles. The minimum absolute atomic E-state index is 0.0142. The molecule has 1 saturated carbocycles. The van der Waals surface area contributed by atoms with E-state index in [4.69, 9.17) is 16.3 Å². The minimum Gasteiger partial charge on any atom is -0.366 e. The number of benzene rings is 2. The van der Waals surface area contributed by atoms with E-state index in [0.29, 0.717) is 17.5 Å². The van der Waals surface area contributed by atoms with Crippen LogP contribution in [0.15, 0.2) is 48.5 Å². The van der Waals surface area contributed by atoms with E-state index in [1.54, 1.807) is 12.1 Å². The number of anilines is 1. The predicted molar refractivity (Wildman–Crippen MR) is 104 cm³/mol. The number of carbonyl (C=O) groups excluding carboxylic acids is 1. The van der Waals surface area contributed by atoms with Gasteiger partial charge >= 0.3 is 0 Å². The van der Waals surface area contributed by atoms with Crippen LogP contribution in [0.4, 0.5) is 5.69 Å². The van der Waals surface area contributed by atoms with Crippen LogP contribution in [-0.2, 0) is 21.7 Å². The van der Waals surface area contributed by atoms with Gasteiger partial charge < -0.3 is 10.1 Å². The Hall–Kier alpha value is -1.84. The molecule has 2 aromatic carbocycles. The highest BCUT2D eigenvalue weighted by atomic mass is 35.5. The van der Waals surface area contributed by atoms with Crippen LogP contribution in [0.25, 0.3) is 0 Å². The largest absolute Gasteiger partial charge is 0.366 e. The van der Waals surface area contributed by atoms with Crippen molar-refractivity contribution in [1.29, 1.82) is 0 Å². The van der Waals surface area contributed by atoms with Crippen LogP contribution in [0.5, 0.6) is 0 Å². The Morgan fingerprint density at radius 3 is 2.58 bits per heavy atom. The molecule has 1 spiro atoms. The van der Waals surface area contributed by atoms with Crippen molar-refractivity contribution in [2.45, 2.75) is 44.8 Å². The lowest BCUT2D eigenvalue weighted by atomic mass is 9.71. The van der Waals surface area contributed by atoms with Gasteiger partial charge in [-0.05, 0) is 67.0 Å². The highest BCUT2D eigenvalue weighted by Crippen LogP contribution is 2.49. The molecule has 136 valence electrons. The molecule has 1 unspecified atom stereocenters. The van der Waals surface area contributed by atoms with E-state index in [1.165, 1.54) is 11.1 Å². The number of carbonyl (C=O) groups is 1. The number of halogens is 1. The number of ether oxygens (including phenoxy) is 1. The quantitative estimate of drug-likeness (QED) is 0.772. The van der Waals surface area contributed by atoms with E-state index >= 15 is 0 Å². The number of hydrogen-bond donors (Lipinski definition) is 1. The lowest BCUT2D eigenvalue weighted by Crippen LogP contribution is -2.36. The average Bonchev–Trinajstić information content (AvgIpc) is 3.02. The van der Waals surface area contributed by atoms with E-state index < -0.39 is 0 Å². The van der Waals surface area contributed by atoms with Gasteiger partial charge in [0.1, 0.15) is 0 Å². The smallest absolute Gasteiger partial charge is 0.227 e. The summed E-state index contributed by atoms with van der Waals surface area (Å²) >= 11 is 5.90. The maximum absolute atomic E-state index is 12.6. The second kappa shape index (κ2) is 7.05. The van der Waals surface area contributed by atoms with Crippen molar-refractivity contribution in [3.63, 3.8) is 0 Å². The molecular weight excluding hydrogens is 346 g/mol. The summed E-state index contributed by atoms with van der Waals surface area (Å²) in [5.74, 6) is 0.463. The first-order valence-electron chi connectivity index (χ1n) is 9.36. The molecule has 0 radical (unpaired) electrons. The number of nitrogens with one attached hydrogen (secondary N) is 1. The van der Waals surface area contributed by atoms with Crippen molar-refractivity contribution in [3.05, 3.63) is 64.7 Å². The molecule has 1 heterocycles. The summed E-state index contributed by atoms with van der Waals surface area (Å²) in [6.45, 7) is 2.75. The van der Waals surface area contributed by atoms with Gasteiger partial charge in [-0.2, -0.15) is 0 Å². The predicted octanol–water partition coefficient (Wildman–Crippen LogP) is 5.53. The molecule has 1 aliphatic heterocycles. The first-order chi connectivity index (χ1) is 12.6. The van der Waals surface area contributed by atoms with Gasteiger partial charge in [0.25, 0.3) is 0 Å². The summed E-state index contributed by atoms with van der Waals surface area (Å²) in [5, 5.41) is 3.69. The monoisotopic (exact) mass is 369 g/mol. The molecule has 26 heavy (non-hydrogen) atoms. The second-order valence-corrected chi connectivity index (χ2v) is 8.00. The Labute approximate surface area is 159 Å². The molecular formula is C22H24ClNO2.